The molecular weight excluding hydrogens is 273 g/mol. The average Bonchev–Trinajstić information content (AvgIpc) is 2.41. The van der Waals surface area contributed by atoms with Gasteiger partial charge in [-0.05, 0) is 12.1 Å². The number of carboxylic acids is 1. The van der Waals surface area contributed by atoms with Crippen molar-refractivity contribution in [3.63, 3.8) is 0 Å². The first-order valence-electron chi connectivity index (χ1n) is 5.16. The van der Waals surface area contributed by atoms with Crippen molar-refractivity contribution >= 4 is 11.7 Å². The Hall–Kier alpha value is -3.10. The van der Waals surface area contributed by atoms with Crippen LogP contribution in [0.25, 0.3) is 0 Å². The number of ether oxygens (including phenoxy) is 1. The van der Waals surface area contributed by atoms with E-state index < -0.39 is 34.2 Å². The molecule has 2 rings (SSSR count). The fraction of sp³-hybridized carbons (Fsp3) is 0. The van der Waals surface area contributed by atoms with Crippen LogP contribution < -0.4 is 4.74 Å². The highest BCUT2D eigenvalue weighted by atomic mass is 19.1. The number of nitro groups is 1. The highest BCUT2D eigenvalue weighted by molar-refractivity contribution is 5.85. The van der Waals surface area contributed by atoms with Gasteiger partial charge in [0.05, 0.1) is 4.92 Å². The van der Waals surface area contributed by atoms with Gasteiger partial charge in [-0.25, -0.2) is 14.2 Å². The van der Waals surface area contributed by atoms with Crippen LogP contribution in [0.15, 0.2) is 30.5 Å². The van der Waals surface area contributed by atoms with Gasteiger partial charge in [0.15, 0.2) is 11.5 Å². The lowest BCUT2D eigenvalue weighted by atomic mass is 10.3. The summed E-state index contributed by atoms with van der Waals surface area (Å²) in [6.45, 7) is 0. The van der Waals surface area contributed by atoms with Crippen LogP contribution in [0.5, 0.6) is 11.8 Å². The summed E-state index contributed by atoms with van der Waals surface area (Å²) in [7, 11) is 0. The molecule has 1 N–H and O–H groups in total. The number of para-hydroxylation sites is 1. The normalized spacial score (nSPS) is 10.1. The molecule has 2 aromatic rings. The van der Waals surface area contributed by atoms with Crippen molar-refractivity contribution in [3.8, 4) is 11.8 Å². The number of rotatable bonds is 4. The van der Waals surface area contributed by atoms with Gasteiger partial charge in [0.1, 0.15) is 0 Å². The molecule has 0 saturated heterocycles. The zero-order chi connectivity index (χ0) is 14.7. The highest BCUT2D eigenvalue weighted by Gasteiger charge is 2.21. The van der Waals surface area contributed by atoms with E-state index in [-0.39, 0.29) is 5.69 Å². The lowest BCUT2D eigenvalue weighted by molar-refractivity contribution is -0.385. The number of benzene rings is 1. The predicted octanol–water partition coefficient (Wildman–Crippen LogP) is 2.01. The zero-order valence-electron chi connectivity index (χ0n) is 9.69. The van der Waals surface area contributed by atoms with E-state index in [0.717, 1.165) is 30.5 Å². The van der Waals surface area contributed by atoms with Gasteiger partial charge >= 0.3 is 17.7 Å². The van der Waals surface area contributed by atoms with Gasteiger partial charge < -0.3 is 9.84 Å². The van der Waals surface area contributed by atoms with Crippen molar-refractivity contribution in [1.82, 2.24) is 9.97 Å². The van der Waals surface area contributed by atoms with E-state index in [0.29, 0.717) is 0 Å². The van der Waals surface area contributed by atoms with E-state index in [9.17, 15) is 19.3 Å². The van der Waals surface area contributed by atoms with Gasteiger partial charge in [-0.1, -0.05) is 6.07 Å². The molecular formula is C11H6FN3O5. The average molecular weight is 279 g/mol. The third kappa shape index (κ3) is 2.66. The molecule has 0 radical (unpaired) electrons. The maximum Gasteiger partial charge on any atom is 0.354 e. The first-order valence-corrected chi connectivity index (χ1v) is 5.16. The van der Waals surface area contributed by atoms with Gasteiger partial charge in [0, 0.05) is 12.3 Å². The first kappa shape index (κ1) is 13.3. The molecule has 0 unspecified atom stereocenters. The summed E-state index contributed by atoms with van der Waals surface area (Å²) in [6.07, 6.45) is 1.08. The number of aromatic carboxylic acids is 1. The second-order valence-electron chi connectivity index (χ2n) is 3.48. The third-order valence-electron chi connectivity index (χ3n) is 2.19. The van der Waals surface area contributed by atoms with Crippen LogP contribution in [0, 0.1) is 15.9 Å². The van der Waals surface area contributed by atoms with Gasteiger partial charge in [-0.3, -0.25) is 10.1 Å². The monoisotopic (exact) mass is 279 g/mol. The van der Waals surface area contributed by atoms with Crippen LogP contribution in [-0.4, -0.2) is 26.0 Å². The molecule has 0 aliphatic heterocycles. The van der Waals surface area contributed by atoms with Crippen LogP contribution in [0.4, 0.5) is 10.1 Å². The molecule has 0 atom stereocenters. The number of hydrogen-bond acceptors (Lipinski definition) is 6. The third-order valence-corrected chi connectivity index (χ3v) is 2.19. The molecule has 0 amide bonds. The topological polar surface area (TPSA) is 115 Å². The minimum atomic E-state index is -1.33. The molecule has 1 aromatic carbocycles. The summed E-state index contributed by atoms with van der Waals surface area (Å²) in [5, 5.41) is 19.5. The van der Waals surface area contributed by atoms with Gasteiger partial charge in [0.2, 0.25) is 5.75 Å². The van der Waals surface area contributed by atoms with Crippen molar-refractivity contribution in [3.05, 3.63) is 52.1 Å². The standard InChI is InChI=1S/C11H6FN3O5/c12-6-2-1-3-8(15(18)19)9(6)20-11-13-5-4-7(14-11)10(16)17/h1-5H,(H,16,17). The van der Waals surface area contributed by atoms with Crippen molar-refractivity contribution in [1.29, 1.82) is 0 Å². The summed E-state index contributed by atoms with van der Waals surface area (Å²) in [5.74, 6) is -3.00. The Morgan fingerprint density at radius 3 is 2.80 bits per heavy atom. The summed E-state index contributed by atoms with van der Waals surface area (Å²) in [6, 6.07) is 3.75. The van der Waals surface area contributed by atoms with Crippen LogP contribution in [0.1, 0.15) is 10.5 Å². The van der Waals surface area contributed by atoms with Crippen molar-refractivity contribution in [2.24, 2.45) is 0 Å². The van der Waals surface area contributed by atoms with Crippen molar-refractivity contribution < 1.29 is 24.0 Å². The van der Waals surface area contributed by atoms with Gasteiger partial charge in [0.25, 0.3) is 0 Å². The van der Waals surface area contributed by atoms with Crippen LogP contribution in [-0.2, 0) is 0 Å². The van der Waals surface area contributed by atoms with Crippen LogP contribution in [0.3, 0.4) is 0 Å². The van der Waals surface area contributed by atoms with Crippen molar-refractivity contribution in [2.45, 2.75) is 0 Å². The lowest BCUT2D eigenvalue weighted by Crippen LogP contribution is -2.04. The molecule has 0 spiro atoms. The minimum Gasteiger partial charge on any atom is -0.477 e. The molecule has 1 heterocycles. The molecule has 8 nitrogen and oxygen atoms in total. The number of aromatic nitrogens is 2. The van der Waals surface area contributed by atoms with E-state index >= 15 is 0 Å². The Labute approximate surface area is 110 Å². The maximum absolute atomic E-state index is 13.6. The number of nitro benzene ring substituents is 1. The molecule has 20 heavy (non-hydrogen) atoms. The number of carboxylic acid groups (broad SMARTS) is 1. The number of hydrogen-bond donors (Lipinski definition) is 1. The second-order valence-corrected chi connectivity index (χ2v) is 3.48. The molecule has 102 valence electrons. The Balaban J connectivity index is 2.42. The number of carbonyl (C=O) groups is 1. The first-order chi connectivity index (χ1) is 9.49. The Morgan fingerprint density at radius 2 is 2.15 bits per heavy atom. The highest BCUT2D eigenvalue weighted by Crippen LogP contribution is 2.32. The molecule has 1 aromatic heterocycles. The number of halogens is 1. The summed E-state index contributed by atoms with van der Waals surface area (Å²) in [4.78, 5) is 27.7. The van der Waals surface area contributed by atoms with Crippen LogP contribution in [0.2, 0.25) is 0 Å². The predicted molar refractivity (Wildman–Crippen MR) is 62.1 cm³/mol. The van der Waals surface area contributed by atoms with E-state index in [1.54, 1.807) is 0 Å². The quantitative estimate of drug-likeness (QED) is 0.672. The maximum atomic E-state index is 13.6. The minimum absolute atomic E-state index is 0.381. The molecule has 0 fully saturated rings. The molecule has 0 saturated carbocycles. The van der Waals surface area contributed by atoms with E-state index in [2.05, 4.69) is 9.97 Å². The van der Waals surface area contributed by atoms with Gasteiger partial charge in [-0.15, -0.1) is 0 Å². The van der Waals surface area contributed by atoms with Crippen LogP contribution >= 0.6 is 0 Å². The zero-order valence-corrected chi connectivity index (χ0v) is 9.69. The molecule has 0 aliphatic rings. The summed E-state index contributed by atoms with van der Waals surface area (Å²) >= 11 is 0. The van der Waals surface area contributed by atoms with Crippen molar-refractivity contribution in [2.75, 3.05) is 0 Å². The summed E-state index contributed by atoms with van der Waals surface area (Å²) < 4.78 is 18.4. The molecule has 0 aliphatic carbocycles. The Kier molecular flexibility index (Phi) is 3.51. The second kappa shape index (κ2) is 5.26. The fourth-order valence-electron chi connectivity index (χ4n) is 1.34. The number of nitrogens with zero attached hydrogens (tertiary/aromatic N) is 3. The largest absolute Gasteiger partial charge is 0.477 e. The smallest absolute Gasteiger partial charge is 0.354 e. The van der Waals surface area contributed by atoms with Gasteiger partial charge in [-0.2, -0.15) is 4.98 Å². The lowest BCUT2D eigenvalue weighted by Gasteiger charge is -2.05. The Bertz CT molecular complexity index is 692. The molecule has 9 heteroatoms. The molecule has 0 bridgehead atoms. The van der Waals surface area contributed by atoms with E-state index in [1.165, 1.54) is 0 Å². The fourth-order valence-corrected chi connectivity index (χ4v) is 1.34. The van der Waals surface area contributed by atoms with E-state index in [1.807, 2.05) is 0 Å². The van der Waals surface area contributed by atoms with E-state index in [4.69, 9.17) is 9.84 Å². The SMILES string of the molecule is O=C(O)c1ccnc(Oc2c(F)cccc2[N+](=O)[O-])n1. The summed E-state index contributed by atoms with van der Waals surface area (Å²) in [5.41, 5.74) is -0.997. The Morgan fingerprint density at radius 1 is 1.40 bits per heavy atom.